The maximum absolute atomic E-state index is 11.3. The Morgan fingerprint density at radius 1 is 1.30 bits per heavy atom. The maximum Gasteiger partial charge on any atom is 0.238 e. The molecule has 1 aliphatic heterocycles. The second-order valence-corrected chi connectivity index (χ2v) is 6.59. The summed E-state index contributed by atoms with van der Waals surface area (Å²) >= 11 is 0. The van der Waals surface area contributed by atoms with E-state index < -0.39 is 15.6 Å². The summed E-state index contributed by atoms with van der Waals surface area (Å²) in [6.07, 6.45) is 1.06. The Labute approximate surface area is 118 Å². The van der Waals surface area contributed by atoms with E-state index in [0.29, 0.717) is 38.3 Å². The third kappa shape index (κ3) is 3.83. The molecule has 1 saturated heterocycles. The molecule has 0 spiro atoms. The lowest BCUT2D eigenvalue weighted by atomic mass is 9.94. The van der Waals surface area contributed by atoms with Gasteiger partial charge in [0.25, 0.3) is 0 Å². The molecule has 0 atom stereocenters. The third-order valence-corrected chi connectivity index (χ3v) is 4.20. The van der Waals surface area contributed by atoms with E-state index in [-0.39, 0.29) is 10.6 Å². The molecule has 1 aromatic rings. The van der Waals surface area contributed by atoms with Crippen LogP contribution in [0.15, 0.2) is 23.1 Å². The molecule has 0 amide bonds. The number of hydrogen-bond donors (Lipinski definition) is 4. The van der Waals surface area contributed by atoms with Gasteiger partial charge in [0.1, 0.15) is 0 Å². The predicted octanol–water partition coefficient (Wildman–Crippen LogP) is -0.130. The van der Waals surface area contributed by atoms with Crippen LogP contribution in [0.25, 0.3) is 0 Å². The number of aliphatic hydroxyl groups is 1. The molecule has 0 bridgehead atoms. The van der Waals surface area contributed by atoms with Crippen molar-refractivity contribution < 1.29 is 18.3 Å². The molecule has 112 valence electrons. The first-order chi connectivity index (χ1) is 9.28. The summed E-state index contributed by atoms with van der Waals surface area (Å²) in [5.41, 5.74) is 5.60. The zero-order valence-electron chi connectivity index (χ0n) is 11.0. The number of ether oxygens (including phenoxy) is 1. The molecule has 8 heteroatoms. The number of nitrogen functional groups attached to an aromatic ring is 1. The van der Waals surface area contributed by atoms with Crippen molar-refractivity contribution in [3.8, 4) is 0 Å². The fourth-order valence-electron chi connectivity index (χ4n) is 2.08. The highest BCUT2D eigenvalue weighted by molar-refractivity contribution is 7.89. The van der Waals surface area contributed by atoms with Gasteiger partial charge in [-0.3, -0.25) is 0 Å². The maximum atomic E-state index is 11.3. The van der Waals surface area contributed by atoms with Gasteiger partial charge >= 0.3 is 0 Å². The Hall–Kier alpha value is -1.35. The number of sulfonamides is 1. The molecule has 0 unspecified atom stereocenters. The van der Waals surface area contributed by atoms with E-state index >= 15 is 0 Å². The summed E-state index contributed by atoms with van der Waals surface area (Å²) < 4.78 is 27.9. The molecule has 0 aliphatic carbocycles. The summed E-state index contributed by atoms with van der Waals surface area (Å²) in [5, 5.41) is 18.4. The Morgan fingerprint density at radius 3 is 2.55 bits per heavy atom. The fourth-order valence-corrected chi connectivity index (χ4v) is 2.67. The quantitative estimate of drug-likeness (QED) is 0.574. The van der Waals surface area contributed by atoms with Gasteiger partial charge in [0.2, 0.25) is 10.0 Å². The molecule has 20 heavy (non-hydrogen) atoms. The molecule has 1 aliphatic rings. The lowest BCUT2D eigenvalue weighted by Crippen LogP contribution is -2.42. The van der Waals surface area contributed by atoms with Crippen LogP contribution in [-0.4, -0.2) is 38.9 Å². The average Bonchev–Trinajstić information content (AvgIpc) is 2.36. The van der Waals surface area contributed by atoms with E-state index in [9.17, 15) is 13.5 Å². The monoisotopic (exact) mass is 301 g/mol. The number of nitrogens with two attached hydrogens (primary N) is 2. The summed E-state index contributed by atoms with van der Waals surface area (Å²) in [7, 11) is -3.81. The summed E-state index contributed by atoms with van der Waals surface area (Å²) in [5.74, 6) is 0. The van der Waals surface area contributed by atoms with Crippen LogP contribution >= 0.6 is 0 Å². The van der Waals surface area contributed by atoms with Gasteiger partial charge in [-0.25, -0.2) is 13.6 Å². The van der Waals surface area contributed by atoms with Crippen LogP contribution in [-0.2, 0) is 14.8 Å². The molecular weight excluding hydrogens is 282 g/mol. The van der Waals surface area contributed by atoms with Crippen molar-refractivity contribution in [2.24, 2.45) is 5.14 Å². The average molecular weight is 301 g/mol. The van der Waals surface area contributed by atoms with Gasteiger partial charge in [0.15, 0.2) is 0 Å². The van der Waals surface area contributed by atoms with Gasteiger partial charge < -0.3 is 20.9 Å². The Balaban J connectivity index is 2.11. The van der Waals surface area contributed by atoms with Crippen molar-refractivity contribution >= 4 is 21.4 Å². The first-order valence-electron chi connectivity index (χ1n) is 6.26. The zero-order valence-corrected chi connectivity index (χ0v) is 11.8. The van der Waals surface area contributed by atoms with Crippen molar-refractivity contribution in [2.75, 3.05) is 30.8 Å². The van der Waals surface area contributed by atoms with E-state index in [1.807, 2.05) is 0 Å². The molecule has 7 nitrogen and oxygen atoms in total. The lowest BCUT2D eigenvalue weighted by molar-refractivity contribution is -0.0543. The normalized spacial score (nSPS) is 18.7. The van der Waals surface area contributed by atoms with Crippen molar-refractivity contribution in [1.82, 2.24) is 0 Å². The summed E-state index contributed by atoms with van der Waals surface area (Å²) in [4.78, 5) is -0.0565. The zero-order chi connectivity index (χ0) is 14.8. The predicted molar refractivity (Wildman–Crippen MR) is 75.7 cm³/mol. The number of hydrogen-bond acceptors (Lipinski definition) is 6. The van der Waals surface area contributed by atoms with Crippen molar-refractivity contribution in [3.05, 3.63) is 18.2 Å². The van der Waals surface area contributed by atoms with Crippen LogP contribution < -0.4 is 16.2 Å². The van der Waals surface area contributed by atoms with E-state index in [0.717, 1.165) is 0 Å². The van der Waals surface area contributed by atoms with Gasteiger partial charge in [0, 0.05) is 44.0 Å². The van der Waals surface area contributed by atoms with Crippen LogP contribution in [0.1, 0.15) is 12.8 Å². The molecule has 1 fully saturated rings. The van der Waals surface area contributed by atoms with Gasteiger partial charge in [-0.2, -0.15) is 0 Å². The second-order valence-electron chi connectivity index (χ2n) is 5.03. The first-order valence-corrected chi connectivity index (χ1v) is 7.81. The second kappa shape index (κ2) is 5.57. The minimum Gasteiger partial charge on any atom is -0.399 e. The standard InChI is InChI=1S/C12H19N3O4S/c13-9-5-10(7-11(6-9)20(14,17)18)15-8-12(16)1-3-19-4-2-12/h5-7,15-16H,1-4,8,13H2,(H2,14,17,18). The van der Waals surface area contributed by atoms with E-state index in [2.05, 4.69) is 5.32 Å². The van der Waals surface area contributed by atoms with Crippen LogP contribution in [0.3, 0.4) is 0 Å². The molecule has 0 radical (unpaired) electrons. The number of benzene rings is 1. The number of primary sulfonamides is 1. The summed E-state index contributed by atoms with van der Waals surface area (Å²) in [6, 6.07) is 4.29. The van der Waals surface area contributed by atoms with Crippen LogP contribution in [0.2, 0.25) is 0 Å². The molecular formula is C12H19N3O4S. The van der Waals surface area contributed by atoms with Gasteiger partial charge in [-0.1, -0.05) is 0 Å². The smallest absolute Gasteiger partial charge is 0.238 e. The highest BCUT2D eigenvalue weighted by atomic mass is 32.2. The SMILES string of the molecule is Nc1cc(NCC2(O)CCOCC2)cc(S(N)(=O)=O)c1. The molecule has 0 saturated carbocycles. The molecule has 1 heterocycles. The molecule has 2 rings (SSSR count). The van der Waals surface area contributed by atoms with E-state index in [1.54, 1.807) is 6.07 Å². The Kier molecular flexibility index (Phi) is 4.19. The van der Waals surface area contributed by atoms with Crippen molar-refractivity contribution in [2.45, 2.75) is 23.3 Å². The number of nitrogens with one attached hydrogen (secondary N) is 1. The van der Waals surface area contributed by atoms with Crippen LogP contribution in [0.5, 0.6) is 0 Å². The van der Waals surface area contributed by atoms with Crippen LogP contribution in [0, 0.1) is 0 Å². The molecule has 1 aromatic carbocycles. The molecule has 6 N–H and O–H groups in total. The minimum atomic E-state index is -3.81. The van der Waals surface area contributed by atoms with E-state index in [1.165, 1.54) is 12.1 Å². The van der Waals surface area contributed by atoms with Gasteiger partial charge in [-0.15, -0.1) is 0 Å². The van der Waals surface area contributed by atoms with E-state index in [4.69, 9.17) is 15.6 Å². The molecule has 0 aromatic heterocycles. The summed E-state index contributed by atoms with van der Waals surface area (Å²) in [6.45, 7) is 1.32. The fraction of sp³-hybridized carbons (Fsp3) is 0.500. The number of rotatable bonds is 4. The third-order valence-electron chi connectivity index (χ3n) is 3.30. The number of anilines is 2. The van der Waals surface area contributed by atoms with Crippen molar-refractivity contribution in [3.63, 3.8) is 0 Å². The highest BCUT2D eigenvalue weighted by Crippen LogP contribution is 2.23. The Morgan fingerprint density at radius 2 is 1.95 bits per heavy atom. The largest absolute Gasteiger partial charge is 0.399 e. The minimum absolute atomic E-state index is 0.0565. The highest BCUT2D eigenvalue weighted by Gasteiger charge is 2.29. The Bertz CT molecular complexity index is 582. The first kappa shape index (κ1) is 15.0. The van der Waals surface area contributed by atoms with Crippen LogP contribution in [0.4, 0.5) is 11.4 Å². The topological polar surface area (TPSA) is 128 Å². The van der Waals surface area contributed by atoms with Gasteiger partial charge in [0.05, 0.1) is 10.5 Å². The van der Waals surface area contributed by atoms with Gasteiger partial charge in [-0.05, 0) is 18.2 Å². The van der Waals surface area contributed by atoms with Crippen molar-refractivity contribution in [1.29, 1.82) is 0 Å². The lowest BCUT2D eigenvalue weighted by Gasteiger charge is -2.32.